The van der Waals surface area contributed by atoms with E-state index >= 15 is 0 Å². The van der Waals surface area contributed by atoms with Gasteiger partial charge in [-0.3, -0.25) is 9.59 Å². The summed E-state index contributed by atoms with van der Waals surface area (Å²) in [6.45, 7) is 4.03. The standard InChI is InChI=1S/C20H24N2O6S/c1-4-22(5-2)29(25,26)17-9-7-16(8-10-17)21-20(24)14-28-18-11-6-15(13-23)12-19(18)27-3/h6-13H,4-5,14H2,1-3H3,(H,21,24). The monoisotopic (exact) mass is 420 g/mol. The number of amides is 1. The zero-order valence-corrected chi connectivity index (χ0v) is 17.4. The van der Waals surface area contributed by atoms with E-state index in [4.69, 9.17) is 9.47 Å². The van der Waals surface area contributed by atoms with Crippen LogP contribution >= 0.6 is 0 Å². The van der Waals surface area contributed by atoms with E-state index in [1.807, 2.05) is 0 Å². The topological polar surface area (TPSA) is 102 Å². The molecule has 0 radical (unpaired) electrons. The second-order valence-electron chi connectivity index (χ2n) is 5.98. The first-order valence-corrected chi connectivity index (χ1v) is 10.5. The SMILES string of the molecule is CCN(CC)S(=O)(=O)c1ccc(NC(=O)COc2ccc(C=O)cc2OC)cc1. The highest BCUT2D eigenvalue weighted by atomic mass is 32.2. The largest absolute Gasteiger partial charge is 0.493 e. The number of anilines is 1. The van der Waals surface area contributed by atoms with Crippen molar-refractivity contribution >= 4 is 27.9 Å². The molecule has 0 saturated carbocycles. The van der Waals surface area contributed by atoms with Gasteiger partial charge in [0.25, 0.3) is 5.91 Å². The molecule has 0 unspecified atom stereocenters. The second-order valence-corrected chi connectivity index (χ2v) is 7.92. The molecule has 2 aromatic carbocycles. The van der Waals surface area contributed by atoms with E-state index in [-0.39, 0.29) is 11.5 Å². The highest BCUT2D eigenvalue weighted by Gasteiger charge is 2.21. The third kappa shape index (κ3) is 5.55. The predicted octanol–water partition coefficient (Wildman–Crippen LogP) is 2.56. The van der Waals surface area contributed by atoms with Crippen molar-refractivity contribution in [2.75, 3.05) is 32.1 Å². The smallest absolute Gasteiger partial charge is 0.262 e. The number of carbonyl (C=O) groups is 2. The van der Waals surface area contributed by atoms with Gasteiger partial charge in [0.05, 0.1) is 12.0 Å². The summed E-state index contributed by atoms with van der Waals surface area (Å²) in [7, 11) is -2.11. The Balaban J connectivity index is 2.00. The molecule has 0 saturated heterocycles. The van der Waals surface area contributed by atoms with Crippen molar-refractivity contribution in [3.8, 4) is 11.5 Å². The molecule has 0 bridgehead atoms. The molecule has 2 rings (SSSR count). The zero-order valence-electron chi connectivity index (χ0n) is 16.5. The average molecular weight is 420 g/mol. The highest BCUT2D eigenvalue weighted by molar-refractivity contribution is 7.89. The van der Waals surface area contributed by atoms with Crippen LogP contribution < -0.4 is 14.8 Å². The summed E-state index contributed by atoms with van der Waals surface area (Å²) >= 11 is 0. The van der Waals surface area contributed by atoms with Crippen LogP contribution in [-0.2, 0) is 14.8 Å². The van der Waals surface area contributed by atoms with Crippen LogP contribution in [0.5, 0.6) is 11.5 Å². The van der Waals surface area contributed by atoms with E-state index in [1.165, 1.54) is 41.7 Å². The number of hydrogen-bond donors (Lipinski definition) is 1. The minimum Gasteiger partial charge on any atom is -0.493 e. The van der Waals surface area contributed by atoms with Gasteiger partial charge in [-0.2, -0.15) is 4.31 Å². The number of nitrogens with one attached hydrogen (secondary N) is 1. The van der Waals surface area contributed by atoms with Gasteiger partial charge < -0.3 is 14.8 Å². The molecule has 0 heterocycles. The molecule has 0 aromatic heterocycles. The molecule has 29 heavy (non-hydrogen) atoms. The maximum Gasteiger partial charge on any atom is 0.262 e. The third-order valence-corrected chi connectivity index (χ3v) is 6.23. The number of carbonyl (C=O) groups excluding carboxylic acids is 2. The van der Waals surface area contributed by atoms with Crippen molar-refractivity contribution in [3.63, 3.8) is 0 Å². The van der Waals surface area contributed by atoms with Crippen molar-refractivity contribution in [1.29, 1.82) is 0 Å². The van der Waals surface area contributed by atoms with Crippen molar-refractivity contribution in [3.05, 3.63) is 48.0 Å². The van der Waals surface area contributed by atoms with Crippen molar-refractivity contribution in [2.45, 2.75) is 18.7 Å². The molecule has 8 nitrogen and oxygen atoms in total. The van der Waals surface area contributed by atoms with Gasteiger partial charge >= 0.3 is 0 Å². The fourth-order valence-corrected chi connectivity index (χ4v) is 4.10. The molecule has 1 amide bonds. The molecular weight excluding hydrogens is 396 g/mol. The number of sulfonamides is 1. The maximum absolute atomic E-state index is 12.5. The van der Waals surface area contributed by atoms with Gasteiger partial charge in [0.15, 0.2) is 18.1 Å². The van der Waals surface area contributed by atoms with Crippen LogP contribution in [0.1, 0.15) is 24.2 Å². The Morgan fingerprint density at radius 3 is 2.28 bits per heavy atom. The van der Waals surface area contributed by atoms with Gasteiger partial charge in [0, 0.05) is 24.3 Å². The lowest BCUT2D eigenvalue weighted by atomic mass is 10.2. The molecule has 2 aromatic rings. The van der Waals surface area contributed by atoms with Gasteiger partial charge in [-0.05, 0) is 42.5 Å². The Kier molecular flexibility index (Phi) is 7.74. The summed E-state index contributed by atoms with van der Waals surface area (Å²) in [5, 5.41) is 2.64. The Hall–Kier alpha value is -2.91. The van der Waals surface area contributed by atoms with E-state index < -0.39 is 15.9 Å². The van der Waals surface area contributed by atoms with E-state index in [1.54, 1.807) is 26.0 Å². The first-order chi connectivity index (χ1) is 13.8. The van der Waals surface area contributed by atoms with Crippen LogP contribution in [0.3, 0.4) is 0 Å². The quantitative estimate of drug-likeness (QED) is 0.593. The van der Waals surface area contributed by atoms with Gasteiger partial charge in [-0.15, -0.1) is 0 Å². The summed E-state index contributed by atoms with van der Waals surface area (Å²) in [5.74, 6) is 0.244. The summed E-state index contributed by atoms with van der Waals surface area (Å²) in [6, 6.07) is 10.5. The van der Waals surface area contributed by atoms with E-state index in [0.29, 0.717) is 42.1 Å². The van der Waals surface area contributed by atoms with Crippen LogP contribution in [0.2, 0.25) is 0 Å². The summed E-state index contributed by atoms with van der Waals surface area (Å²) < 4.78 is 36.9. The number of hydrogen-bond acceptors (Lipinski definition) is 6. The van der Waals surface area contributed by atoms with Gasteiger partial charge in [-0.1, -0.05) is 13.8 Å². The number of aldehydes is 1. The van der Waals surface area contributed by atoms with Crippen LogP contribution in [0.25, 0.3) is 0 Å². The van der Waals surface area contributed by atoms with Crippen molar-refractivity contribution in [2.24, 2.45) is 0 Å². The summed E-state index contributed by atoms with van der Waals surface area (Å²) in [5.41, 5.74) is 0.874. The molecule has 9 heteroatoms. The normalized spacial score (nSPS) is 11.2. The van der Waals surface area contributed by atoms with Gasteiger partial charge in [-0.25, -0.2) is 8.42 Å². The molecule has 0 aliphatic heterocycles. The minimum atomic E-state index is -3.55. The first-order valence-electron chi connectivity index (χ1n) is 9.01. The average Bonchev–Trinajstić information content (AvgIpc) is 2.73. The Labute approximate surface area is 170 Å². The number of benzene rings is 2. The molecule has 0 atom stereocenters. The predicted molar refractivity (Wildman–Crippen MR) is 109 cm³/mol. The van der Waals surface area contributed by atoms with Crippen molar-refractivity contribution < 1.29 is 27.5 Å². The summed E-state index contributed by atoms with van der Waals surface area (Å²) in [4.78, 5) is 23.1. The molecule has 1 N–H and O–H groups in total. The minimum absolute atomic E-state index is 0.162. The number of rotatable bonds is 10. The van der Waals surface area contributed by atoms with Crippen LogP contribution in [0, 0.1) is 0 Å². The van der Waals surface area contributed by atoms with Crippen LogP contribution in [0.4, 0.5) is 5.69 Å². The number of methoxy groups -OCH3 is 1. The Morgan fingerprint density at radius 2 is 1.72 bits per heavy atom. The number of nitrogens with zero attached hydrogens (tertiary/aromatic N) is 1. The molecule has 0 fully saturated rings. The fraction of sp³-hybridized carbons (Fsp3) is 0.300. The van der Waals surface area contributed by atoms with E-state index in [9.17, 15) is 18.0 Å². The third-order valence-electron chi connectivity index (χ3n) is 4.16. The lowest BCUT2D eigenvalue weighted by Crippen LogP contribution is -2.30. The molecule has 0 spiro atoms. The lowest BCUT2D eigenvalue weighted by Gasteiger charge is -2.18. The molecule has 0 aliphatic carbocycles. The zero-order chi connectivity index (χ0) is 21.4. The fourth-order valence-electron chi connectivity index (χ4n) is 2.64. The van der Waals surface area contributed by atoms with E-state index in [2.05, 4.69) is 5.32 Å². The molecular formula is C20H24N2O6S. The highest BCUT2D eigenvalue weighted by Crippen LogP contribution is 2.27. The maximum atomic E-state index is 12.5. The lowest BCUT2D eigenvalue weighted by molar-refractivity contribution is -0.118. The van der Waals surface area contributed by atoms with E-state index in [0.717, 1.165) is 0 Å². The van der Waals surface area contributed by atoms with Gasteiger partial charge in [0.2, 0.25) is 10.0 Å². The Bertz CT molecular complexity index is 953. The second kappa shape index (κ2) is 10.0. The van der Waals surface area contributed by atoms with Crippen molar-refractivity contribution in [1.82, 2.24) is 4.31 Å². The van der Waals surface area contributed by atoms with Crippen LogP contribution in [0.15, 0.2) is 47.4 Å². The Morgan fingerprint density at radius 1 is 1.07 bits per heavy atom. The summed E-state index contributed by atoms with van der Waals surface area (Å²) in [6.07, 6.45) is 0.684. The van der Waals surface area contributed by atoms with Crippen LogP contribution in [-0.4, -0.2) is 51.7 Å². The number of ether oxygens (including phenoxy) is 2. The molecule has 156 valence electrons. The van der Waals surface area contributed by atoms with Gasteiger partial charge in [0.1, 0.15) is 6.29 Å². The first kappa shape index (κ1) is 22.4. The molecule has 0 aliphatic rings.